The van der Waals surface area contributed by atoms with Crippen LogP contribution in [0.1, 0.15) is 26.2 Å². The Labute approximate surface area is 56.0 Å². The standard InChI is InChI=1S/C7H13S/c1-2-3-6-8-7-4-5-7/h2,7H,3-6H2,1H3. The normalized spacial score (nSPS) is 19.1. The van der Waals surface area contributed by atoms with Gasteiger partial charge in [-0.05, 0) is 31.4 Å². The van der Waals surface area contributed by atoms with Crippen molar-refractivity contribution in [3.63, 3.8) is 0 Å². The largest absolute Gasteiger partial charge is 0.159 e. The molecule has 0 nitrogen and oxygen atoms in total. The van der Waals surface area contributed by atoms with Crippen LogP contribution in [0, 0.1) is 6.42 Å². The van der Waals surface area contributed by atoms with E-state index in [0.29, 0.717) is 0 Å². The quantitative estimate of drug-likeness (QED) is 0.525. The lowest BCUT2D eigenvalue weighted by atomic mass is 10.4. The van der Waals surface area contributed by atoms with Gasteiger partial charge in [0.15, 0.2) is 0 Å². The van der Waals surface area contributed by atoms with Gasteiger partial charge in [-0.1, -0.05) is 6.92 Å². The third-order valence-electron chi connectivity index (χ3n) is 1.28. The summed E-state index contributed by atoms with van der Waals surface area (Å²) in [5.41, 5.74) is 0. The molecule has 0 heterocycles. The van der Waals surface area contributed by atoms with Crippen molar-refractivity contribution in [3.05, 3.63) is 6.42 Å². The third-order valence-corrected chi connectivity index (χ3v) is 2.70. The second kappa shape index (κ2) is 3.39. The van der Waals surface area contributed by atoms with E-state index in [1.165, 1.54) is 25.0 Å². The highest BCUT2D eigenvalue weighted by molar-refractivity contribution is 8.00. The predicted molar refractivity (Wildman–Crippen MR) is 40.1 cm³/mol. The Balaban J connectivity index is 1.74. The van der Waals surface area contributed by atoms with Crippen LogP contribution >= 0.6 is 11.8 Å². The van der Waals surface area contributed by atoms with Crippen LogP contribution in [0.15, 0.2) is 0 Å². The first-order valence-corrected chi connectivity index (χ1v) is 4.38. The van der Waals surface area contributed by atoms with Gasteiger partial charge in [-0.3, -0.25) is 0 Å². The zero-order valence-corrected chi connectivity index (χ0v) is 6.21. The summed E-state index contributed by atoms with van der Waals surface area (Å²) in [6, 6.07) is 0. The maximum atomic E-state index is 2.25. The van der Waals surface area contributed by atoms with Crippen LogP contribution in [0.25, 0.3) is 0 Å². The fourth-order valence-corrected chi connectivity index (χ4v) is 1.76. The molecule has 0 unspecified atom stereocenters. The Morgan fingerprint density at radius 3 is 2.88 bits per heavy atom. The molecule has 8 heavy (non-hydrogen) atoms. The smallest absolute Gasteiger partial charge is 0.00478 e. The Kier molecular flexibility index (Phi) is 2.74. The fourth-order valence-electron chi connectivity index (χ4n) is 0.587. The number of rotatable bonds is 4. The molecule has 0 N–H and O–H groups in total. The Hall–Kier alpha value is 0.350. The molecule has 0 aromatic carbocycles. The van der Waals surface area contributed by atoms with E-state index in [-0.39, 0.29) is 0 Å². The van der Waals surface area contributed by atoms with Crippen LogP contribution in [0.2, 0.25) is 0 Å². The molecule has 1 rings (SSSR count). The third kappa shape index (κ3) is 2.61. The van der Waals surface area contributed by atoms with Gasteiger partial charge in [-0.2, -0.15) is 11.8 Å². The summed E-state index contributed by atoms with van der Waals surface area (Å²) in [6.07, 6.45) is 6.50. The molecule has 0 amide bonds. The molecule has 1 saturated carbocycles. The monoisotopic (exact) mass is 129 g/mol. The highest BCUT2D eigenvalue weighted by Crippen LogP contribution is 2.34. The van der Waals surface area contributed by atoms with Crippen molar-refractivity contribution in [2.24, 2.45) is 0 Å². The Morgan fingerprint density at radius 2 is 2.38 bits per heavy atom. The van der Waals surface area contributed by atoms with Crippen LogP contribution < -0.4 is 0 Å². The lowest BCUT2D eigenvalue weighted by molar-refractivity contribution is 1.11. The van der Waals surface area contributed by atoms with Crippen LogP contribution in [0.3, 0.4) is 0 Å². The van der Waals surface area contributed by atoms with Crippen molar-refractivity contribution < 1.29 is 0 Å². The van der Waals surface area contributed by atoms with E-state index in [1.807, 2.05) is 0 Å². The molecular weight excluding hydrogens is 116 g/mol. The molecule has 1 aliphatic carbocycles. The summed E-state index contributed by atoms with van der Waals surface area (Å²) in [4.78, 5) is 0. The van der Waals surface area contributed by atoms with Gasteiger partial charge in [0, 0.05) is 5.25 Å². The van der Waals surface area contributed by atoms with Gasteiger partial charge >= 0.3 is 0 Å². The molecule has 1 aliphatic rings. The van der Waals surface area contributed by atoms with Crippen molar-refractivity contribution in [3.8, 4) is 0 Å². The molecular formula is C7H13S. The number of hydrogen-bond acceptors (Lipinski definition) is 1. The molecule has 0 aromatic heterocycles. The zero-order chi connectivity index (χ0) is 5.82. The topological polar surface area (TPSA) is 0 Å². The van der Waals surface area contributed by atoms with Crippen molar-refractivity contribution in [2.75, 3.05) is 5.75 Å². The van der Waals surface area contributed by atoms with Gasteiger partial charge in [-0.15, -0.1) is 0 Å². The van der Waals surface area contributed by atoms with E-state index in [9.17, 15) is 0 Å². The average Bonchev–Trinajstić information content (AvgIpc) is 2.51. The number of hydrogen-bond donors (Lipinski definition) is 0. The lowest BCUT2D eigenvalue weighted by Crippen LogP contribution is -1.79. The van der Waals surface area contributed by atoms with Crippen LogP contribution in [-0.4, -0.2) is 11.0 Å². The van der Waals surface area contributed by atoms with Gasteiger partial charge in [-0.25, -0.2) is 0 Å². The molecule has 0 aliphatic heterocycles. The first-order valence-electron chi connectivity index (χ1n) is 3.33. The van der Waals surface area contributed by atoms with Gasteiger partial charge < -0.3 is 0 Å². The number of unbranched alkanes of at least 4 members (excludes halogenated alkanes) is 1. The molecule has 0 saturated heterocycles. The average molecular weight is 129 g/mol. The number of thioether (sulfide) groups is 1. The van der Waals surface area contributed by atoms with Gasteiger partial charge in [0.05, 0.1) is 0 Å². The maximum absolute atomic E-state index is 2.25. The van der Waals surface area contributed by atoms with Gasteiger partial charge in [0.2, 0.25) is 0 Å². The zero-order valence-electron chi connectivity index (χ0n) is 5.39. The van der Waals surface area contributed by atoms with Crippen molar-refractivity contribution in [1.82, 2.24) is 0 Å². The van der Waals surface area contributed by atoms with Crippen LogP contribution in [0.5, 0.6) is 0 Å². The van der Waals surface area contributed by atoms with Gasteiger partial charge in [0.1, 0.15) is 0 Å². The lowest BCUT2D eigenvalue weighted by Gasteiger charge is -1.92. The van der Waals surface area contributed by atoms with E-state index < -0.39 is 0 Å². The second-order valence-corrected chi connectivity index (χ2v) is 3.68. The molecule has 1 radical (unpaired) electrons. The highest BCUT2D eigenvalue weighted by atomic mass is 32.2. The molecule has 1 heteroatoms. The second-order valence-electron chi connectivity index (χ2n) is 2.27. The SMILES string of the molecule is C[CH]CCSC1CC1. The fraction of sp³-hybridized carbons (Fsp3) is 0.857. The van der Waals surface area contributed by atoms with Crippen molar-refractivity contribution in [1.29, 1.82) is 0 Å². The van der Waals surface area contributed by atoms with E-state index in [0.717, 1.165) is 5.25 Å². The Morgan fingerprint density at radius 1 is 1.62 bits per heavy atom. The Bertz CT molecular complexity index is 57.4. The van der Waals surface area contributed by atoms with E-state index in [2.05, 4.69) is 25.1 Å². The van der Waals surface area contributed by atoms with Gasteiger partial charge in [0.25, 0.3) is 0 Å². The summed E-state index contributed by atoms with van der Waals surface area (Å²) >= 11 is 2.14. The molecule has 1 fully saturated rings. The maximum Gasteiger partial charge on any atom is 0.00478 e. The highest BCUT2D eigenvalue weighted by Gasteiger charge is 2.20. The summed E-state index contributed by atoms with van der Waals surface area (Å²) < 4.78 is 0. The minimum absolute atomic E-state index is 1.05. The summed E-state index contributed by atoms with van der Waals surface area (Å²) in [5, 5.41) is 1.05. The summed E-state index contributed by atoms with van der Waals surface area (Å²) in [6.45, 7) is 2.13. The minimum atomic E-state index is 1.05. The molecule has 0 atom stereocenters. The summed E-state index contributed by atoms with van der Waals surface area (Å²) in [5.74, 6) is 1.35. The van der Waals surface area contributed by atoms with Crippen molar-refractivity contribution in [2.45, 2.75) is 31.4 Å². The van der Waals surface area contributed by atoms with E-state index in [4.69, 9.17) is 0 Å². The molecule has 47 valence electrons. The van der Waals surface area contributed by atoms with Crippen LogP contribution in [-0.2, 0) is 0 Å². The first kappa shape index (κ1) is 6.47. The van der Waals surface area contributed by atoms with E-state index >= 15 is 0 Å². The first-order chi connectivity index (χ1) is 3.93. The predicted octanol–water partition coefficient (Wildman–Crippen LogP) is 2.50. The molecule has 0 bridgehead atoms. The summed E-state index contributed by atoms with van der Waals surface area (Å²) in [7, 11) is 0. The molecule has 0 spiro atoms. The minimum Gasteiger partial charge on any atom is -0.159 e. The van der Waals surface area contributed by atoms with Crippen molar-refractivity contribution >= 4 is 11.8 Å². The van der Waals surface area contributed by atoms with Crippen LogP contribution in [0.4, 0.5) is 0 Å². The molecule has 0 aromatic rings. The van der Waals surface area contributed by atoms with E-state index in [1.54, 1.807) is 0 Å².